The Bertz CT molecular complexity index is 481. The number of rotatable bonds is 5. The predicted molar refractivity (Wildman–Crippen MR) is 78.6 cm³/mol. The van der Waals surface area contributed by atoms with E-state index in [-0.39, 0.29) is 12.0 Å². The second kappa shape index (κ2) is 7.16. The topological polar surface area (TPSA) is 38.8 Å². The van der Waals surface area contributed by atoms with Crippen molar-refractivity contribution in [3.8, 4) is 5.75 Å². The van der Waals surface area contributed by atoms with Gasteiger partial charge in [-0.05, 0) is 37.6 Å². The number of hydrogen-bond acceptors (Lipinski definition) is 4. The van der Waals surface area contributed by atoms with Crippen LogP contribution in [0.1, 0.15) is 12.8 Å². The van der Waals surface area contributed by atoms with Gasteiger partial charge in [0.15, 0.2) is 0 Å². The van der Waals surface area contributed by atoms with Crippen LogP contribution in [-0.2, 0) is 9.53 Å². The van der Waals surface area contributed by atoms with Gasteiger partial charge in [0.25, 0.3) is 0 Å². The molecule has 0 radical (unpaired) electrons. The molecule has 0 saturated carbocycles. The summed E-state index contributed by atoms with van der Waals surface area (Å²) in [6.07, 6.45) is 1.84. The average molecular weight is 318 g/mol. The maximum absolute atomic E-state index is 11.6. The summed E-state index contributed by atoms with van der Waals surface area (Å²) in [5.74, 6) is 0.428. The third-order valence-electron chi connectivity index (χ3n) is 3.37. The van der Waals surface area contributed by atoms with E-state index in [2.05, 4.69) is 4.90 Å². The summed E-state index contributed by atoms with van der Waals surface area (Å²) in [5.41, 5.74) is 0. The van der Waals surface area contributed by atoms with Crippen molar-refractivity contribution < 1.29 is 14.3 Å². The van der Waals surface area contributed by atoms with Gasteiger partial charge in [0.2, 0.25) is 0 Å². The zero-order valence-corrected chi connectivity index (χ0v) is 12.8. The SMILES string of the molecule is COC(=O)C1CCCN1CCOc1ccc(Cl)cc1Cl. The number of hydrogen-bond donors (Lipinski definition) is 0. The molecule has 1 unspecified atom stereocenters. The first kappa shape index (κ1) is 15.4. The molecule has 1 aliphatic rings. The zero-order chi connectivity index (χ0) is 14.5. The largest absolute Gasteiger partial charge is 0.491 e. The van der Waals surface area contributed by atoms with Crippen LogP contribution in [0.5, 0.6) is 5.75 Å². The van der Waals surface area contributed by atoms with Crippen molar-refractivity contribution in [2.45, 2.75) is 18.9 Å². The first-order valence-electron chi connectivity index (χ1n) is 6.51. The van der Waals surface area contributed by atoms with Gasteiger partial charge in [-0.1, -0.05) is 23.2 Å². The molecule has 20 heavy (non-hydrogen) atoms. The first-order valence-corrected chi connectivity index (χ1v) is 7.27. The Kier molecular flexibility index (Phi) is 5.52. The summed E-state index contributed by atoms with van der Waals surface area (Å²) >= 11 is 11.9. The molecule has 0 bridgehead atoms. The van der Waals surface area contributed by atoms with Crippen LogP contribution < -0.4 is 4.74 Å². The highest BCUT2D eigenvalue weighted by atomic mass is 35.5. The molecule has 1 saturated heterocycles. The molecule has 0 aromatic heterocycles. The average Bonchev–Trinajstić information content (AvgIpc) is 2.89. The molecule has 1 aromatic rings. The highest BCUT2D eigenvalue weighted by Gasteiger charge is 2.31. The summed E-state index contributed by atoms with van der Waals surface area (Å²) in [6, 6.07) is 4.97. The van der Waals surface area contributed by atoms with Gasteiger partial charge in [-0.2, -0.15) is 0 Å². The summed E-state index contributed by atoms with van der Waals surface area (Å²) in [4.78, 5) is 13.7. The number of ether oxygens (including phenoxy) is 2. The van der Waals surface area contributed by atoms with Crippen LogP contribution in [-0.4, -0.2) is 43.7 Å². The lowest BCUT2D eigenvalue weighted by atomic mass is 10.2. The molecular weight excluding hydrogens is 301 g/mol. The van der Waals surface area contributed by atoms with Crippen LogP contribution in [0.2, 0.25) is 10.0 Å². The molecular formula is C14H17Cl2NO3. The fourth-order valence-corrected chi connectivity index (χ4v) is 2.82. The molecule has 1 aromatic carbocycles. The van der Waals surface area contributed by atoms with E-state index in [0.29, 0.717) is 28.9 Å². The Morgan fingerprint density at radius 3 is 2.95 bits per heavy atom. The van der Waals surface area contributed by atoms with Crippen LogP contribution in [0.25, 0.3) is 0 Å². The molecule has 2 rings (SSSR count). The quantitative estimate of drug-likeness (QED) is 0.782. The number of halogens is 2. The van der Waals surface area contributed by atoms with Crippen molar-refractivity contribution in [3.05, 3.63) is 28.2 Å². The lowest BCUT2D eigenvalue weighted by Crippen LogP contribution is -2.39. The standard InChI is InChI=1S/C14H17Cl2NO3/c1-19-14(18)12-3-2-6-17(12)7-8-20-13-5-4-10(15)9-11(13)16/h4-5,9,12H,2-3,6-8H2,1H3. The van der Waals surface area contributed by atoms with E-state index in [1.54, 1.807) is 18.2 Å². The molecule has 1 aliphatic heterocycles. The van der Waals surface area contributed by atoms with Gasteiger partial charge < -0.3 is 9.47 Å². The zero-order valence-electron chi connectivity index (χ0n) is 11.3. The normalized spacial score (nSPS) is 19.1. The predicted octanol–water partition coefficient (Wildman–Crippen LogP) is 3.01. The van der Waals surface area contributed by atoms with Crippen molar-refractivity contribution in [1.82, 2.24) is 4.90 Å². The molecule has 4 nitrogen and oxygen atoms in total. The number of nitrogens with zero attached hydrogens (tertiary/aromatic N) is 1. The number of benzene rings is 1. The van der Waals surface area contributed by atoms with Crippen molar-refractivity contribution in [3.63, 3.8) is 0 Å². The fourth-order valence-electron chi connectivity index (χ4n) is 2.36. The van der Waals surface area contributed by atoms with Crippen LogP contribution in [0.3, 0.4) is 0 Å². The van der Waals surface area contributed by atoms with Crippen LogP contribution in [0.4, 0.5) is 0 Å². The highest BCUT2D eigenvalue weighted by molar-refractivity contribution is 6.35. The van der Waals surface area contributed by atoms with Gasteiger partial charge in [0, 0.05) is 11.6 Å². The fraction of sp³-hybridized carbons (Fsp3) is 0.500. The maximum Gasteiger partial charge on any atom is 0.323 e. The van der Waals surface area contributed by atoms with Gasteiger partial charge >= 0.3 is 5.97 Å². The summed E-state index contributed by atoms with van der Waals surface area (Å²) in [6.45, 7) is 2.02. The Morgan fingerprint density at radius 1 is 1.45 bits per heavy atom. The van der Waals surface area contributed by atoms with E-state index < -0.39 is 0 Å². The van der Waals surface area contributed by atoms with Crippen molar-refractivity contribution in [2.75, 3.05) is 26.8 Å². The smallest absolute Gasteiger partial charge is 0.323 e. The maximum atomic E-state index is 11.6. The molecule has 1 heterocycles. The minimum atomic E-state index is -0.174. The van der Waals surface area contributed by atoms with E-state index in [1.807, 2.05) is 0 Å². The van der Waals surface area contributed by atoms with Crippen molar-refractivity contribution in [2.24, 2.45) is 0 Å². The van der Waals surface area contributed by atoms with E-state index in [0.717, 1.165) is 19.4 Å². The van der Waals surface area contributed by atoms with Crippen LogP contribution in [0, 0.1) is 0 Å². The number of likely N-dealkylation sites (tertiary alicyclic amines) is 1. The number of methoxy groups -OCH3 is 1. The third-order valence-corrected chi connectivity index (χ3v) is 3.90. The molecule has 0 amide bonds. The van der Waals surface area contributed by atoms with Gasteiger partial charge in [-0.25, -0.2) is 0 Å². The van der Waals surface area contributed by atoms with Crippen molar-refractivity contribution in [1.29, 1.82) is 0 Å². The Morgan fingerprint density at radius 2 is 2.25 bits per heavy atom. The van der Waals surface area contributed by atoms with Crippen molar-refractivity contribution >= 4 is 29.2 Å². The molecule has 1 fully saturated rings. The first-order chi connectivity index (χ1) is 9.61. The van der Waals surface area contributed by atoms with E-state index in [4.69, 9.17) is 32.7 Å². The molecule has 0 aliphatic carbocycles. The summed E-state index contributed by atoms with van der Waals surface area (Å²) in [5, 5.41) is 1.07. The Hall–Kier alpha value is -0.970. The molecule has 0 N–H and O–H groups in total. The minimum absolute atomic E-state index is 0.149. The highest BCUT2D eigenvalue weighted by Crippen LogP contribution is 2.27. The molecule has 1 atom stereocenters. The number of esters is 1. The summed E-state index contributed by atoms with van der Waals surface area (Å²) < 4.78 is 10.4. The van der Waals surface area contributed by atoms with Gasteiger partial charge in [-0.15, -0.1) is 0 Å². The molecule has 6 heteroatoms. The van der Waals surface area contributed by atoms with Crippen LogP contribution >= 0.6 is 23.2 Å². The monoisotopic (exact) mass is 317 g/mol. The van der Waals surface area contributed by atoms with Gasteiger partial charge in [-0.3, -0.25) is 9.69 Å². The number of carbonyl (C=O) groups excluding carboxylic acids is 1. The Labute approximate surface area is 128 Å². The lowest BCUT2D eigenvalue weighted by Gasteiger charge is -2.22. The van der Waals surface area contributed by atoms with E-state index in [9.17, 15) is 4.79 Å². The second-order valence-electron chi connectivity index (χ2n) is 4.64. The van der Waals surface area contributed by atoms with Gasteiger partial charge in [0.05, 0.1) is 12.1 Å². The Balaban J connectivity index is 1.84. The number of carbonyl (C=O) groups is 1. The van der Waals surface area contributed by atoms with Gasteiger partial charge in [0.1, 0.15) is 18.4 Å². The molecule has 110 valence electrons. The summed E-state index contributed by atoms with van der Waals surface area (Å²) in [7, 11) is 1.42. The lowest BCUT2D eigenvalue weighted by molar-refractivity contribution is -0.145. The minimum Gasteiger partial charge on any atom is -0.491 e. The van der Waals surface area contributed by atoms with E-state index >= 15 is 0 Å². The van der Waals surface area contributed by atoms with Crippen LogP contribution in [0.15, 0.2) is 18.2 Å². The second-order valence-corrected chi connectivity index (χ2v) is 5.48. The third kappa shape index (κ3) is 3.78. The van der Waals surface area contributed by atoms with E-state index in [1.165, 1.54) is 7.11 Å². The molecule has 0 spiro atoms.